The second kappa shape index (κ2) is 5.01. The third kappa shape index (κ3) is 2.22. The van der Waals surface area contributed by atoms with Crippen molar-refractivity contribution in [2.45, 2.75) is 29.9 Å². The van der Waals surface area contributed by atoms with Crippen molar-refractivity contribution in [1.82, 2.24) is 0 Å². The molecule has 14 heavy (non-hydrogen) atoms. The summed E-state index contributed by atoms with van der Waals surface area (Å²) in [6, 6.07) is 0. The lowest BCUT2D eigenvalue weighted by Gasteiger charge is -2.38. The van der Waals surface area contributed by atoms with Crippen molar-refractivity contribution < 1.29 is 25.2 Å². The maximum atomic E-state index is 9.92. The zero-order chi connectivity index (χ0) is 10.7. The van der Waals surface area contributed by atoms with Crippen molar-refractivity contribution in [3.05, 3.63) is 4.91 Å². The standard InChI is InChI=1S/C6H11NO6S/c8-1-2-3(9)4(10)5(11)6(13-2)14-7-12/h2-6,8-11H,1H2/t2-,3+,4+,5-,6+/m1/s1. The van der Waals surface area contributed by atoms with Gasteiger partial charge in [0.15, 0.2) is 5.44 Å². The van der Waals surface area contributed by atoms with Crippen LogP contribution in [0.15, 0.2) is 4.58 Å². The Labute approximate surface area is 83.8 Å². The summed E-state index contributed by atoms with van der Waals surface area (Å²) in [4.78, 5) is 9.92. The van der Waals surface area contributed by atoms with Crippen LogP contribution in [-0.2, 0) is 4.74 Å². The van der Waals surface area contributed by atoms with Gasteiger partial charge in [0.2, 0.25) is 0 Å². The highest BCUT2D eigenvalue weighted by Crippen LogP contribution is 2.28. The number of hydrogen-bond acceptors (Lipinski definition) is 8. The molecule has 1 fully saturated rings. The van der Waals surface area contributed by atoms with E-state index in [1.807, 2.05) is 0 Å². The molecule has 0 saturated carbocycles. The van der Waals surface area contributed by atoms with E-state index < -0.39 is 36.5 Å². The Balaban J connectivity index is 2.67. The van der Waals surface area contributed by atoms with E-state index in [1.54, 1.807) is 0 Å². The number of rotatable bonds is 3. The summed E-state index contributed by atoms with van der Waals surface area (Å²) >= 11 is 0.400. The minimum atomic E-state index is -1.46. The Morgan fingerprint density at radius 1 is 1.21 bits per heavy atom. The maximum absolute atomic E-state index is 9.92. The monoisotopic (exact) mass is 225 g/mol. The fourth-order valence-corrected chi connectivity index (χ4v) is 1.76. The normalized spacial score (nSPS) is 43.6. The van der Waals surface area contributed by atoms with Gasteiger partial charge in [-0.1, -0.05) is 0 Å². The van der Waals surface area contributed by atoms with Gasteiger partial charge in [0, 0.05) is 4.58 Å². The van der Waals surface area contributed by atoms with Crippen molar-refractivity contribution in [2.24, 2.45) is 4.58 Å². The largest absolute Gasteiger partial charge is 0.394 e. The number of aliphatic hydroxyl groups excluding tert-OH is 4. The summed E-state index contributed by atoms with van der Waals surface area (Å²) in [7, 11) is 0. The molecule has 0 aromatic rings. The van der Waals surface area contributed by atoms with Crippen LogP contribution in [0.4, 0.5) is 0 Å². The average Bonchev–Trinajstić information content (AvgIpc) is 2.19. The van der Waals surface area contributed by atoms with Gasteiger partial charge in [-0.25, -0.2) is 0 Å². The lowest BCUT2D eigenvalue weighted by molar-refractivity contribution is -0.205. The summed E-state index contributed by atoms with van der Waals surface area (Å²) in [5, 5.41) is 36.6. The molecule has 1 aliphatic rings. The van der Waals surface area contributed by atoms with E-state index >= 15 is 0 Å². The fourth-order valence-electron chi connectivity index (χ4n) is 1.20. The van der Waals surface area contributed by atoms with Gasteiger partial charge in [0.1, 0.15) is 24.4 Å². The van der Waals surface area contributed by atoms with E-state index in [-0.39, 0.29) is 0 Å². The Kier molecular flexibility index (Phi) is 4.23. The first-order valence-corrected chi connectivity index (χ1v) is 4.74. The Morgan fingerprint density at radius 2 is 1.86 bits per heavy atom. The van der Waals surface area contributed by atoms with E-state index in [9.17, 15) is 20.2 Å². The van der Waals surface area contributed by atoms with E-state index in [0.717, 1.165) is 0 Å². The molecule has 5 atom stereocenters. The van der Waals surface area contributed by atoms with Gasteiger partial charge >= 0.3 is 0 Å². The molecule has 7 nitrogen and oxygen atoms in total. The first-order valence-electron chi connectivity index (χ1n) is 3.90. The molecule has 4 N–H and O–H groups in total. The van der Waals surface area contributed by atoms with Gasteiger partial charge < -0.3 is 25.2 Å². The predicted molar refractivity (Wildman–Crippen MR) is 47.2 cm³/mol. The van der Waals surface area contributed by atoms with Crippen LogP contribution in [0.5, 0.6) is 0 Å². The molecule has 0 spiro atoms. The third-order valence-electron chi connectivity index (χ3n) is 2.00. The average molecular weight is 225 g/mol. The SMILES string of the molecule is O=NS[C@@H]1O[C@H](CO)[C@H](O)[C@H](O)[C@H]1O. The molecule has 0 aromatic heterocycles. The van der Waals surface area contributed by atoms with Crippen molar-refractivity contribution in [1.29, 1.82) is 0 Å². The van der Waals surface area contributed by atoms with Gasteiger partial charge in [-0.05, 0) is 0 Å². The van der Waals surface area contributed by atoms with Crippen LogP contribution < -0.4 is 0 Å². The number of nitroso groups, excluding NO2 is 1. The number of hydrogen-bond donors (Lipinski definition) is 4. The van der Waals surface area contributed by atoms with Crippen LogP contribution in [0, 0.1) is 4.91 Å². The van der Waals surface area contributed by atoms with Gasteiger partial charge in [0.05, 0.1) is 18.6 Å². The lowest BCUT2D eigenvalue weighted by Crippen LogP contribution is -2.57. The van der Waals surface area contributed by atoms with Crippen LogP contribution in [0.1, 0.15) is 0 Å². The van der Waals surface area contributed by atoms with Crippen molar-refractivity contribution in [3.8, 4) is 0 Å². The summed E-state index contributed by atoms with van der Waals surface area (Å²) in [6.45, 7) is -0.513. The Bertz CT molecular complexity index is 203. The second-order valence-corrected chi connectivity index (χ2v) is 3.70. The number of ether oxygens (including phenoxy) is 1. The summed E-state index contributed by atoms with van der Waals surface area (Å²) in [5.74, 6) is 0. The molecule has 8 heteroatoms. The molecular weight excluding hydrogens is 214 g/mol. The van der Waals surface area contributed by atoms with Gasteiger partial charge in [-0.2, -0.15) is 0 Å². The second-order valence-electron chi connectivity index (χ2n) is 2.88. The van der Waals surface area contributed by atoms with Gasteiger partial charge in [0.25, 0.3) is 0 Å². The van der Waals surface area contributed by atoms with Crippen LogP contribution in [-0.4, -0.2) is 56.9 Å². The molecule has 1 aliphatic heterocycles. The quantitative estimate of drug-likeness (QED) is 0.330. The molecule has 0 unspecified atom stereocenters. The summed E-state index contributed by atoms with van der Waals surface area (Å²) < 4.78 is 7.38. The molecule has 0 aromatic carbocycles. The Morgan fingerprint density at radius 3 is 2.36 bits per heavy atom. The highest BCUT2D eigenvalue weighted by molar-refractivity contribution is 7.98. The first-order chi connectivity index (χ1) is 6.61. The summed E-state index contributed by atoms with van der Waals surface area (Å²) in [5.41, 5.74) is -1.07. The molecule has 1 saturated heterocycles. The zero-order valence-electron chi connectivity index (χ0n) is 7.05. The molecule has 0 amide bonds. The maximum Gasteiger partial charge on any atom is 0.156 e. The lowest BCUT2D eigenvalue weighted by atomic mass is 10.0. The van der Waals surface area contributed by atoms with E-state index in [4.69, 9.17) is 9.84 Å². The minimum absolute atomic E-state index is 0.400. The summed E-state index contributed by atoms with van der Waals surface area (Å²) in [6.07, 6.45) is -5.26. The van der Waals surface area contributed by atoms with Crippen molar-refractivity contribution in [3.63, 3.8) is 0 Å². The fraction of sp³-hybridized carbons (Fsp3) is 1.00. The van der Waals surface area contributed by atoms with Crippen LogP contribution in [0.25, 0.3) is 0 Å². The van der Waals surface area contributed by atoms with Crippen LogP contribution >= 0.6 is 11.9 Å². The third-order valence-corrected chi connectivity index (χ3v) is 2.68. The predicted octanol–water partition coefficient (Wildman–Crippen LogP) is -1.80. The molecule has 0 aliphatic carbocycles. The van der Waals surface area contributed by atoms with Gasteiger partial charge in [-0.15, -0.1) is 4.91 Å². The molecule has 82 valence electrons. The van der Waals surface area contributed by atoms with E-state index in [1.165, 1.54) is 0 Å². The van der Waals surface area contributed by atoms with Crippen molar-refractivity contribution >= 4 is 11.9 Å². The van der Waals surface area contributed by atoms with E-state index in [0.29, 0.717) is 11.9 Å². The van der Waals surface area contributed by atoms with E-state index in [2.05, 4.69) is 4.58 Å². The highest BCUT2D eigenvalue weighted by atomic mass is 32.2. The Hall–Kier alpha value is -0.250. The first kappa shape index (κ1) is 11.8. The number of nitrogens with zero attached hydrogens (tertiary/aromatic N) is 1. The van der Waals surface area contributed by atoms with Crippen LogP contribution in [0.2, 0.25) is 0 Å². The molecule has 1 rings (SSSR count). The zero-order valence-corrected chi connectivity index (χ0v) is 7.87. The molecular formula is C6H11NO6S. The minimum Gasteiger partial charge on any atom is -0.394 e. The highest BCUT2D eigenvalue weighted by Gasteiger charge is 2.44. The van der Waals surface area contributed by atoms with Crippen molar-refractivity contribution in [2.75, 3.05) is 6.61 Å². The molecule has 0 radical (unpaired) electrons. The number of aliphatic hydroxyl groups is 4. The smallest absolute Gasteiger partial charge is 0.156 e. The topological polar surface area (TPSA) is 120 Å². The molecule has 1 heterocycles. The van der Waals surface area contributed by atoms with Crippen LogP contribution in [0.3, 0.4) is 0 Å². The van der Waals surface area contributed by atoms with Gasteiger partial charge in [-0.3, -0.25) is 0 Å². The molecule has 0 bridgehead atoms.